The van der Waals surface area contributed by atoms with Crippen LogP contribution in [-0.2, 0) is 5.41 Å². The zero-order chi connectivity index (χ0) is 35.5. The lowest BCUT2D eigenvalue weighted by Gasteiger charge is -2.28. The van der Waals surface area contributed by atoms with Crippen molar-refractivity contribution in [1.82, 2.24) is 4.57 Å². The largest absolute Gasteiger partial charge is 0.310 e. The number of hydrogen-bond acceptors (Lipinski definition) is 1. The van der Waals surface area contributed by atoms with Gasteiger partial charge in [-0.15, -0.1) is 0 Å². The van der Waals surface area contributed by atoms with E-state index in [-0.39, 0.29) is 5.41 Å². The first-order valence-corrected chi connectivity index (χ1v) is 18.4. The minimum Gasteiger partial charge on any atom is -0.310 e. The van der Waals surface area contributed by atoms with E-state index in [0.29, 0.717) is 0 Å². The Labute approximate surface area is 310 Å². The smallest absolute Gasteiger partial charge is 0.0562 e. The monoisotopic (exact) mass is 678 g/mol. The molecule has 2 heteroatoms. The van der Waals surface area contributed by atoms with Crippen molar-refractivity contribution in [2.75, 3.05) is 4.90 Å². The zero-order valence-electron chi connectivity index (χ0n) is 29.9. The van der Waals surface area contributed by atoms with E-state index in [1.54, 1.807) is 0 Å². The van der Waals surface area contributed by atoms with E-state index in [1.165, 1.54) is 66.3 Å². The first-order chi connectivity index (χ1) is 26.1. The molecule has 1 aliphatic rings. The van der Waals surface area contributed by atoms with Crippen molar-refractivity contribution in [3.8, 4) is 39.1 Å². The van der Waals surface area contributed by atoms with Gasteiger partial charge in [0.25, 0.3) is 0 Å². The Hall–Kier alpha value is -6.64. The minimum absolute atomic E-state index is 0.126. The Bertz CT molecular complexity index is 2780. The van der Waals surface area contributed by atoms with Gasteiger partial charge in [0, 0.05) is 33.2 Å². The van der Waals surface area contributed by atoms with Crippen LogP contribution >= 0.6 is 0 Å². The van der Waals surface area contributed by atoms with Crippen molar-refractivity contribution in [1.29, 1.82) is 0 Å². The molecule has 0 unspecified atom stereocenters. The Morgan fingerprint density at radius 2 is 1.04 bits per heavy atom. The molecule has 0 saturated carbocycles. The lowest BCUT2D eigenvalue weighted by molar-refractivity contribution is 0.660. The zero-order valence-corrected chi connectivity index (χ0v) is 29.9. The summed E-state index contributed by atoms with van der Waals surface area (Å²) in [7, 11) is 0. The van der Waals surface area contributed by atoms with E-state index < -0.39 is 0 Å². The van der Waals surface area contributed by atoms with Gasteiger partial charge in [-0.2, -0.15) is 0 Å². The summed E-state index contributed by atoms with van der Waals surface area (Å²) in [5.41, 5.74) is 17.1. The highest BCUT2D eigenvalue weighted by atomic mass is 15.1. The number of hydrogen-bond donors (Lipinski definition) is 0. The molecule has 0 atom stereocenters. The molecule has 0 saturated heterocycles. The fraction of sp³-hybridized carbons (Fsp3) is 0.0588. The van der Waals surface area contributed by atoms with Crippen LogP contribution in [0.15, 0.2) is 194 Å². The normalized spacial score (nSPS) is 12.9. The Morgan fingerprint density at radius 3 is 1.79 bits per heavy atom. The standard InChI is InChI=1S/C51H38N2/c1-51(2)44-33-32-40(34-43(44)49-41(23-14-24-45(49)51)37-18-8-4-9-19-37)52(39-30-28-36(29-31-39)35-16-6-3-7-17-35)47-26-15-27-48-50(47)42-22-12-13-25-46(42)53(48)38-20-10-5-11-21-38/h3-34H,1-2H3. The van der Waals surface area contributed by atoms with Gasteiger partial charge in [-0.3, -0.25) is 0 Å². The van der Waals surface area contributed by atoms with Crippen LogP contribution in [0.2, 0.25) is 0 Å². The summed E-state index contributed by atoms with van der Waals surface area (Å²) < 4.78 is 2.40. The summed E-state index contributed by atoms with van der Waals surface area (Å²) in [6.07, 6.45) is 0. The second kappa shape index (κ2) is 12.3. The van der Waals surface area contributed by atoms with Crippen LogP contribution in [0.1, 0.15) is 25.0 Å². The molecular weight excluding hydrogens is 641 g/mol. The molecule has 10 rings (SSSR count). The SMILES string of the molecule is CC1(C)c2ccc(N(c3ccc(-c4ccccc4)cc3)c3cccc4c3c3ccccc3n4-c3ccccc3)cc2-c2c(-c3ccccc3)cccc21. The second-order valence-corrected chi connectivity index (χ2v) is 14.6. The Kier molecular flexibility index (Phi) is 7.19. The number of para-hydroxylation sites is 2. The van der Waals surface area contributed by atoms with Gasteiger partial charge in [-0.25, -0.2) is 0 Å². The van der Waals surface area contributed by atoms with Crippen molar-refractivity contribution >= 4 is 38.9 Å². The fourth-order valence-corrected chi connectivity index (χ4v) is 8.69. The van der Waals surface area contributed by atoms with Crippen molar-refractivity contribution in [2.24, 2.45) is 0 Å². The molecule has 1 aromatic heterocycles. The summed E-state index contributed by atoms with van der Waals surface area (Å²) >= 11 is 0. The van der Waals surface area contributed by atoms with Gasteiger partial charge < -0.3 is 9.47 Å². The van der Waals surface area contributed by atoms with Crippen LogP contribution in [-0.4, -0.2) is 4.57 Å². The van der Waals surface area contributed by atoms with Gasteiger partial charge in [-0.05, 0) is 99.1 Å². The molecule has 9 aromatic rings. The molecular formula is C51H38N2. The van der Waals surface area contributed by atoms with E-state index >= 15 is 0 Å². The summed E-state index contributed by atoms with van der Waals surface area (Å²) in [6, 6.07) is 70.8. The molecule has 53 heavy (non-hydrogen) atoms. The van der Waals surface area contributed by atoms with Crippen molar-refractivity contribution < 1.29 is 0 Å². The van der Waals surface area contributed by atoms with Crippen LogP contribution in [0, 0.1) is 0 Å². The highest BCUT2D eigenvalue weighted by molar-refractivity contribution is 6.16. The van der Waals surface area contributed by atoms with Crippen molar-refractivity contribution in [2.45, 2.75) is 19.3 Å². The predicted molar refractivity (Wildman–Crippen MR) is 224 cm³/mol. The van der Waals surface area contributed by atoms with E-state index in [0.717, 1.165) is 22.7 Å². The number of anilines is 3. The lowest BCUT2D eigenvalue weighted by Crippen LogP contribution is -2.15. The van der Waals surface area contributed by atoms with Gasteiger partial charge in [0.05, 0.1) is 16.7 Å². The van der Waals surface area contributed by atoms with Crippen LogP contribution < -0.4 is 4.90 Å². The van der Waals surface area contributed by atoms with Crippen LogP contribution in [0.5, 0.6) is 0 Å². The quantitative estimate of drug-likeness (QED) is 0.170. The molecule has 0 N–H and O–H groups in total. The average Bonchev–Trinajstić information content (AvgIpc) is 3.68. The third kappa shape index (κ3) is 4.94. The molecule has 0 spiro atoms. The van der Waals surface area contributed by atoms with E-state index in [2.05, 4.69) is 217 Å². The van der Waals surface area contributed by atoms with Gasteiger partial charge in [0.2, 0.25) is 0 Å². The molecule has 0 amide bonds. The van der Waals surface area contributed by atoms with E-state index in [9.17, 15) is 0 Å². The fourth-order valence-electron chi connectivity index (χ4n) is 8.69. The summed E-state index contributed by atoms with van der Waals surface area (Å²) in [5.74, 6) is 0. The van der Waals surface area contributed by atoms with Gasteiger partial charge in [-0.1, -0.05) is 153 Å². The summed E-state index contributed by atoms with van der Waals surface area (Å²) in [6.45, 7) is 4.73. The first-order valence-electron chi connectivity index (χ1n) is 18.4. The topological polar surface area (TPSA) is 8.17 Å². The van der Waals surface area contributed by atoms with E-state index in [1.807, 2.05) is 0 Å². The summed E-state index contributed by atoms with van der Waals surface area (Å²) in [5, 5.41) is 2.46. The van der Waals surface area contributed by atoms with Gasteiger partial charge in [0.1, 0.15) is 0 Å². The van der Waals surface area contributed by atoms with Crippen molar-refractivity contribution in [3.63, 3.8) is 0 Å². The maximum absolute atomic E-state index is 2.47. The number of aromatic nitrogens is 1. The third-order valence-electron chi connectivity index (χ3n) is 11.2. The number of nitrogens with zero attached hydrogens (tertiary/aromatic N) is 2. The van der Waals surface area contributed by atoms with Crippen molar-refractivity contribution in [3.05, 3.63) is 205 Å². The van der Waals surface area contributed by atoms with Crippen LogP contribution in [0.3, 0.4) is 0 Å². The molecule has 0 bridgehead atoms. The molecule has 0 radical (unpaired) electrons. The molecule has 252 valence electrons. The van der Waals surface area contributed by atoms with Crippen LogP contribution in [0.25, 0.3) is 60.9 Å². The highest BCUT2D eigenvalue weighted by Gasteiger charge is 2.37. The molecule has 1 aliphatic carbocycles. The number of rotatable bonds is 6. The number of benzene rings is 8. The molecule has 0 aliphatic heterocycles. The molecule has 8 aromatic carbocycles. The summed E-state index contributed by atoms with van der Waals surface area (Å²) in [4.78, 5) is 2.47. The Morgan fingerprint density at radius 1 is 0.434 bits per heavy atom. The van der Waals surface area contributed by atoms with Gasteiger partial charge >= 0.3 is 0 Å². The third-order valence-corrected chi connectivity index (χ3v) is 11.2. The second-order valence-electron chi connectivity index (χ2n) is 14.6. The average molecular weight is 679 g/mol. The molecule has 1 heterocycles. The Balaban J connectivity index is 1.24. The maximum atomic E-state index is 2.47. The first kappa shape index (κ1) is 31.1. The maximum Gasteiger partial charge on any atom is 0.0562 e. The molecule has 2 nitrogen and oxygen atoms in total. The van der Waals surface area contributed by atoms with E-state index in [4.69, 9.17) is 0 Å². The highest BCUT2D eigenvalue weighted by Crippen LogP contribution is 2.54. The van der Waals surface area contributed by atoms with Gasteiger partial charge in [0.15, 0.2) is 0 Å². The minimum atomic E-state index is -0.126. The van der Waals surface area contributed by atoms with Crippen LogP contribution in [0.4, 0.5) is 17.1 Å². The molecule has 0 fully saturated rings. The lowest BCUT2D eigenvalue weighted by atomic mass is 9.82. The predicted octanol–water partition coefficient (Wildman–Crippen LogP) is 13.9. The number of fused-ring (bicyclic) bond motifs is 6.